The van der Waals surface area contributed by atoms with Gasteiger partial charge in [0.25, 0.3) is 0 Å². The lowest BCUT2D eigenvalue weighted by atomic mass is 10.1. The lowest BCUT2D eigenvalue weighted by Crippen LogP contribution is -2.14. The van der Waals surface area contributed by atoms with Crippen LogP contribution in [0.2, 0.25) is 5.02 Å². The number of hydrogen-bond donors (Lipinski definition) is 3. The van der Waals surface area contributed by atoms with Crippen LogP contribution in [0.1, 0.15) is 29.6 Å². The Hall–Kier alpha value is -1.26. The molecule has 0 radical (unpaired) electrons. The highest BCUT2D eigenvalue weighted by atomic mass is 35.5. The van der Waals surface area contributed by atoms with Gasteiger partial charge in [-0.15, -0.1) is 0 Å². The molecule has 1 aromatic rings. The summed E-state index contributed by atoms with van der Waals surface area (Å²) in [4.78, 5) is 11.1. The van der Waals surface area contributed by atoms with Crippen molar-refractivity contribution >= 4 is 23.3 Å². The van der Waals surface area contributed by atoms with Gasteiger partial charge in [0.15, 0.2) is 0 Å². The third-order valence-corrected chi connectivity index (χ3v) is 3.54. The molecule has 0 spiro atoms. The first-order chi connectivity index (χ1) is 8.56. The fourth-order valence-electron chi connectivity index (χ4n) is 2.34. The molecule has 0 amide bonds. The van der Waals surface area contributed by atoms with Gasteiger partial charge in [-0.2, -0.15) is 0 Å². The average molecular weight is 270 g/mol. The molecule has 2 rings (SSSR count). The van der Waals surface area contributed by atoms with Gasteiger partial charge in [0, 0.05) is 11.6 Å². The minimum Gasteiger partial charge on any atom is -0.478 e. The number of nitrogens with one attached hydrogen (secondary N) is 1. The molecule has 1 aliphatic rings. The topological polar surface area (TPSA) is 69.6 Å². The van der Waals surface area contributed by atoms with E-state index in [9.17, 15) is 9.90 Å². The molecule has 0 bridgehead atoms. The molecule has 3 N–H and O–H groups in total. The molecule has 98 valence electrons. The van der Waals surface area contributed by atoms with Gasteiger partial charge in [-0.25, -0.2) is 4.79 Å². The van der Waals surface area contributed by atoms with E-state index < -0.39 is 5.97 Å². The van der Waals surface area contributed by atoms with Crippen LogP contribution in [0.25, 0.3) is 0 Å². The molecule has 5 heteroatoms. The van der Waals surface area contributed by atoms with E-state index in [4.69, 9.17) is 16.7 Å². The van der Waals surface area contributed by atoms with Crippen molar-refractivity contribution in [1.82, 2.24) is 0 Å². The summed E-state index contributed by atoms with van der Waals surface area (Å²) in [6.07, 6.45) is 2.36. The fraction of sp³-hybridized carbons (Fsp3) is 0.462. The molecule has 1 aromatic carbocycles. The summed E-state index contributed by atoms with van der Waals surface area (Å²) < 4.78 is 0. The zero-order valence-electron chi connectivity index (χ0n) is 9.90. The third-order valence-electron chi connectivity index (χ3n) is 3.31. The van der Waals surface area contributed by atoms with Crippen LogP contribution in [0.3, 0.4) is 0 Å². The Labute approximate surface area is 111 Å². The predicted octanol–water partition coefficient (Wildman–Crippen LogP) is 2.61. The van der Waals surface area contributed by atoms with Crippen molar-refractivity contribution in [1.29, 1.82) is 0 Å². The zero-order chi connectivity index (χ0) is 13.1. The van der Waals surface area contributed by atoms with Gasteiger partial charge in [-0.1, -0.05) is 11.6 Å². The van der Waals surface area contributed by atoms with Gasteiger partial charge in [-0.3, -0.25) is 0 Å². The van der Waals surface area contributed by atoms with Crippen molar-refractivity contribution < 1.29 is 15.0 Å². The number of anilines is 1. The van der Waals surface area contributed by atoms with E-state index in [-0.39, 0.29) is 11.7 Å². The van der Waals surface area contributed by atoms with Crippen molar-refractivity contribution in [2.45, 2.75) is 25.4 Å². The van der Waals surface area contributed by atoms with Gasteiger partial charge in [-0.05, 0) is 43.4 Å². The monoisotopic (exact) mass is 269 g/mol. The zero-order valence-corrected chi connectivity index (χ0v) is 10.7. The number of carboxylic acids is 1. The summed E-state index contributed by atoms with van der Waals surface area (Å²) in [5, 5.41) is 22.1. The Morgan fingerprint density at radius 1 is 1.44 bits per heavy atom. The molecular formula is C13H16ClNO3. The number of carbonyl (C=O) groups is 1. The second-order valence-electron chi connectivity index (χ2n) is 4.71. The molecule has 2 unspecified atom stereocenters. The normalized spacial score (nSPS) is 23.0. The van der Waals surface area contributed by atoms with Crippen LogP contribution in [0.15, 0.2) is 18.2 Å². The molecule has 0 heterocycles. The number of hydrogen-bond acceptors (Lipinski definition) is 3. The van der Waals surface area contributed by atoms with Crippen LogP contribution in [0.4, 0.5) is 5.69 Å². The van der Waals surface area contributed by atoms with E-state index in [1.807, 2.05) is 0 Å². The number of carboxylic acid groups (broad SMARTS) is 1. The lowest BCUT2D eigenvalue weighted by molar-refractivity contribution is 0.0698. The third kappa shape index (κ3) is 3.15. The molecule has 1 saturated carbocycles. The highest BCUT2D eigenvalue weighted by molar-refractivity contribution is 6.31. The van der Waals surface area contributed by atoms with Crippen LogP contribution in [-0.2, 0) is 0 Å². The number of benzene rings is 1. The maximum Gasteiger partial charge on any atom is 0.337 e. The molecule has 4 nitrogen and oxygen atoms in total. The number of aliphatic hydroxyl groups excluding tert-OH is 1. The summed E-state index contributed by atoms with van der Waals surface area (Å²) >= 11 is 5.87. The van der Waals surface area contributed by atoms with Crippen molar-refractivity contribution in [3.8, 4) is 0 Å². The van der Waals surface area contributed by atoms with E-state index >= 15 is 0 Å². The first-order valence-corrected chi connectivity index (χ1v) is 6.39. The Kier molecular flexibility index (Phi) is 4.09. The molecular weight excluding hydrogens is 254 g/mol. The van der Waals surface area contributed by atoms with E-state index in [1.54, 1.807) is 12.1 Å². The van der Waals surface area contributed by atoms with Crippen molar-refractivity contribution in [2.24, 2.45) is 5.92 Å². The molecule has 1 aliphatic carbocycles. The fourth-order valence-corrected chi connectivity index (χ4v) is 2.51. The molecule has 1 fully saturated rings. The van der Waals surface area contributed by atoms with Crippen LogP contribution in [0, 0.1) is 5.92 Å². The Morgan fingerprint density at radius 3 is 2.83 bits per heavy atom. The van der Waals surface area contributed by atoms with E-state index in [0.717, 1.165) is 19.3 Å². The molecule has 0 aromatic heterocycles. The number of aliphatic hydroxyl groups is 1. The van der Waals surface area contributed by atoms with Gasteiger partial charge in [0.2, 0.25) is 0 Å². The standard InChI is InChI=1S/C13H16ClNO3/c14-9-2-4-11(13(17)18)12(6-9)15-7-8-1-3-10(16)5-8/h2,4,6,8,10,15-16H,1,3,5,7H2,(H,17,18). The summed E-state index contributed by atoms with van der Waals surface area (Å²) in [7, 11) is 0. The highest BCUT2D eigenvalue weighted by Gasteiger charge is 2.22. The maximum atomic E-state index is 11.1. The van der Waals surface area contributed by atoms with E-state index in [0.29, 0.717) is 23.2 Å². The number of aromatic carboxylic acids is 1. The largest absolute Gasteiger partial charge is 0.478 e. The molecule has 0 aliphatic heterocycles. The summed E-state index contributed by atoms with van der Waals surface area (Å²) in [5.74, 6) is -0.582. The highest BCUT2D eigenvalue weighted by Crippen LogP contribution is 2.27. The average Bonchev–Trinajstić information content (AvgIpc) is 2.72. The Balaban J connectivity index is 2.04. The van der Waals surface area contributed by atoms with Crippen molar-refractivity contribution in [2.75, 3.05) is 11.9 Å². The first-order valence-electron chi connectivity index (χ1n) is 6.01. The molecule has 0 saturated heterocycles. The van der Waals surface area contributed by atoms with E-state index in [1.165, 1.54) is 6.07 Å². The smallest absolute Gasteiger partial charge is 0.337 e. The van der Waals surface area contributed by atoms with Crippen molar-refractivity contribution in [3.05, 3.63) is 28.8 Å². The Bertz CT molecular complexity index is 450. The van der Waals surface area contributed by atoms with Crippen LogP contribution in [0.5, 0.6) is 0 Å². The second kappa shape index (κ2) is 5.59. The number of rotatable bonds is 4. The summed E-state index contributed by atoms with van der Waals surface area (Å²) in [5.41, 5.74) is 0.759. The van der Waals surface area contributed by atoms with Crippen molar-refractivity contribution in [3.63, 3.8) is 0 Å². The predicted molar refractivity (Wildman–Crippen MR) is 70.2 cm³/mol. The Morgan fingerprint density at radius 2 is 2.22 bits per heavy atom. The lowest BCUT2D eigenvalue weighted by Gasteiger charge is -2.14. The van der Waals surface area contributed by atoms with Gasteiger partial charge in [0.1, 0.15) is 0 Å². The van der Waals surface area contributed by atoms with Gasteiger partial charge < -0.3 is 15.5 Å². The van der Waals surface area contributed by atoms with Gasteiger partial charge >= 0.3 is 5.97 Å². The summed E-state index contributed by atoms with van der Waals surface area (Å²) in [6, 6.07) is 4.68. The first kappa shape index (κ1) is 13.2. The van der Waals surface area contributed by atoms with Crippen LogP contribution >= 0.6 is 11.6 Å². The quantitative estimate of drug-likeness (QED) is 0.786. The van der Waals surface area contributed by atoms with Gasteiger partial charge in [0.05, 0.1) is 17.4 Å². The van der Waals surface area contributed by atoms with Crippen LogP contribution < -0.4 is 5.32 Å². The van der Waals surface area contributed by atoms with E-state index in [2.05, 4.69) is 5.32 Å². The molecule has 18 heavy (non-hydrogen) atoms. The SMILES string of the molecule is O=C(O)c1ccc(Cl)cc1NCC1CCC(O)C1. The molecule has 2 atom stereocenters. The van der Waals surface area contributed by atoms with Crippen LogP contribution in [-0.4, -0.2) is 28.8 Å². The second-order valence-corrected chi connectivity index (χ2v) is 5.15. The number of halogens is 1. The maximum absolute atomic E-state index is 11.1. The summed E-state index contributed by atoms with van der Waals surface area (Å²) in [6.45, 7) is 0.664. The minimum absolute atomic E-state index is 0.213. The minimum atomic E-state index is -0.972.